The van der Waals surface area contributed by atoms with Crippen LogP contribution in [0.15, 0.2) is 19.2 Å². The Bertz CT molecular complexity index is 460. The third kappa shape index (κ3) is 1.80. The van der Waals surface area contributed by atoms with Gasteiger partial charge in [0.15, 0.2) is 0 Å². The van der Waals surface area contributed by atoms with E-state index in [9.17, 15) is 4.79 Å². The maximum Gasteiger partial charge on any atom is 0.352 e. The molecule has 1 heterocycles. The Kier molecular flexibility index (Phi) is 2.99. The number of hydrogen-bond acceptors (Lipinski definition) is 2. The maximum atomic E-state index is 10.7. The molecule has 3 nitrogen and oxygen atoms in total. The van der Waals surface area contributed by atoms with Crippen LogP contribution in [0, 0.1) is 4.51 Å². The molecule has 0 saturated carbocycles. The molecule has 0 spiro atoms. The van der Waals surface area contributed by atoms with Crippen molar-refractivity contribution in [1.82, 2.24) is 4.98 Å². The van der Waals surface area contributed by atoms with Crippen LogP contribution in [-0.4, -0.2) is 16.1 Å². The molecule has 1 aromatic rings. The van der Waals surface area contributed by atoms with Gasteiger partial charge >= 0.3 is 5.97 Å². The molecule has 0 saturated heterocycles. The number of rotatable bonds is 3. The van der Waals surface area contributed by atoms with Crippen molar-refractivity contribution < 1.29 is 9.90 Å². The standard InChI is InChI=1S/C10H9NO2S/c1-3-6-7(4-2)11-8(10(12)13)5-9(6)14/h3-5H,1-2H2,(H,11,14)(H,12,13). The van der Waals surface area contributed by atoms with Gasteiger partial charge in [0.1, 0.15) is 5.69 Å². The molecule has 1 rings (SSSR count). The zero-order valence-electron chi connectivity index (χ0n) is 7.41. The van der Waals surface area contributed by atoms with E-state index in [2.05, 4.69) is 18.1 Å². The molecule has 1 aromatic heterocycles. The molecule has 0 amide bonds. The fraction of sp³-hybridized carbons (Fsp3) is 0. The van der Waals surface area contributed by atoms with Crippen LogP contribution < -0.4 is 0 Å². The summed E-state index contributed by atoms with van der Waals surface area (Å²) in [4.78, 5) is 13.4. The predicted octanol–water partition coefficient (Wildman–Crippen LogP) is 2.73. The predicted molar refractivity (Wildman–Crippen MR) is 58.8 cm³/mol. The number of aromatic nitrogens is 1. The lowest BCUT2D eigenvalue weighted by atomic mass is 10.1. The van der Waals surface area contributed by atoms with Gasteiger partial charge in [0.05, 0.1) is 0 Å². The number of carbonyl (C=O) groups is 1. The third-order valence-corrected chi connectivity index (χ3v) is 2.08. The summed E-state index contributed by atoms with van der Waals surface area (Å²) in [6.07, 6.45) is 3.08. The lowest BCUT2D eigenvalue weighted by molar-refractivity contribution is 0.0690. The number of carboxylic acids is 1. The average molecular weight is 207 g/mol. The summed E-state index contributed by atoms with van der Waals surface area (Å²) in [5.74, 6) is -1.05. The fourth-order valence-corrected chi connectivity index (χ4v) is 1.39. The van der Waals surface area contributed by atoms with E-state index in [0.29, 0.717) is 15.8 Å². The summed E-state index contributed by atoms with van der Waals surface area (Å²) in [6, 6.07) is 1.39. The van der Waals surface area contributed by atoms with E-state index in [1.807, 2.05) is 0 Å². The van der Waals surface area contributed by atoms with E-state index in [4.69, 9.17) is 17.3 Å². The summed E-state index contributed by atoms with van der Waals surface area (Å²) in [6.45, 7) is 7.16. The number of hydrogen-bond donors (Lipinski definition) is 2. The molecule has 0 aromatic carbocycles. The first kappa shape index (κ1) is 10.4. The van der Waals surface area contributed by atoms with Gasteiger partial charge in [0.25, 0.3) is 0 Å². The number of aromatic carboxylic acids is 1. The highest BCUT2D eigenvalue weighted by Crippen LogP contribution is 2.13. The van der Waals surface area contributed by atoms with Gasteiger partial charge in [-0.2, -0.15) is 0 Å². The Balaban J connectivity index is 3.54. The molecule has 14 heavy (non-hydrogen) atoms. The number of nitrogens with one attached hydrogen (secondary N) is 1. The minimum Gasteiger partial charge on any atom is -0.477 e. The lowest BCUT2D eigenvalue weighted by Gasteiger charge is -2.03. The molecule has 0 atom stereocenters. The highest BCUT2D eigenvalue weighted by molar-refractivity contribution is 7.71. The van der Waals surface area contributed by atoms with Crippen molar-refractivity contribution in [2.45, 2.75) is 0 Å². The molecule has 0 fully saturated rings. The Morgan fingerprint density at radius 3 is 2.57 bits per heavy atom. The quantitative estimate of drug-likeness (QED) is 0.749. The molecule has 0 aliphatic carbocycles. The Morgan fingerprint density at radius 1 is 1.50 bits per heavy atom. The van der Waals surface area contributed by atoms with Crippen LogP contribution in [0.1, 0.15) is 21.7 Å². The van der Waals surface area contributed by atoms with E-state index in [1.54, 1.807) is 6.08 Å². The zero-order chi connectivity index (χ0) is 10.7. The monoisotopic (exact) mass is 207 g/mol. The molecule has 0 aliphatic rings. The van der Waals surface area contributed by atoms with Crippen LogP contribution in [-0.2, 0) is 0 Å². The number of carboxylic acid groups (broad SMARTS) is 1. The van der Waals surface area contributed by atoms with Crippen molar-refractivity contribution in [3.8, 4) is 0 Å². The van der Waals surface area contributed by atoms with E-state index in [1.165, 1.54) is 12.1 Å². The average Bonchev–Trinajstić information content (AvgIpc) is 2.16. The Morgan fingerprint density at radius 2 is 2.14 bits per heavy atom. The van der Waals surface area contributed by atoms with Gasteiger partial charge in [-0.1, -0.05) is 31.5 Å². The topological polar surface area (TPSA) is 53.1 Å². The smallest absolute Gasteiger partial charge is 0.352 e. The second-order valence-electron chi connectivity index (χ2n) is 2.59. The summed E-state index contributed by atoms with van der Waals surface area (Å²) < 4.78 is 0.450. The second kappa shape index (κ2) is 4.02. The van der Waals surface area contributed by atoms with Crippen molar-refractivity contribution in [3.63, 3.8) is 0 Å². The third-order valence-electron chi connectivity index (χ3n) is 1.74. The molecular formula is C10H9NO2S. The normalized spacial score (nSPS) is 9.43. The Hall–Kier alpha value is -1.68. The summed E-state index contributed by atoms with van der Waals surface area (Å²) in [5, 5.41) is 8.76. The van der Waals surface area contributed by atoms with Crippen LogP contribution in [0.3, 0.4) is 0 Å². The highest BCUT2D eigenvalue weighted by Gasteiger charge is 2.06. The van der Waals surface area contributed by atoms with Crippen LogP contribution in [0.4, 0.5) is 0 Å². The van der Waals surface area contributed by atoms with E-state index < -0.39 is 5.97 Å². The van der Waals surface area contributed by atoms with Crippen LogP contribution in [0.2, 0.25) is 0 Å². The first-order valence-corrected chi connectivity index (χ1v) is 4.26. The number of aromatic amines is 1. The largest absolute Gasteiger partial charge is 0.477 e. The molecule has 0 bridgehead atoms. The van der Waals surface area contributed by atoms with Crippen LogP contribution in [0.5, 0.6) is 0 Å². The molecule has 0 aliphatic heterocycles. The van der Waals surface area contributed by atoms with Crippen molar-refractivity contribution in [3.05, 3.63) is 40.7 Å². The second-order valence-corrected chi connectivity index (χ2v) is 3.03. The molecule has 72 valence electrons. The van der Waals surface area contributed by atoms with Gasteiger partial charge in [-0.05, 0) is 12.1 Å². The number of H-pyrrole nitrogens is 1. The first-order valence-electron chi connectivity index (χ1n) is 3.85. The van der Waals surface area contributed by atoms with Crippen molar-refractivity contribution in [1.29, 1.82) is 0 Å². The fourth-order valence-electron chi connectivity index (χ4n) is 1.08. The zero-order valence-corrected chi connectivity index (χ0v) is 8.23. The Labute approximate surface area is 86.4 Å². The molecule has 0 unspecified atom stereocenters. The van der Waals surface area contributed by atoms with Gasteiger partial charge in [-0.25, -0.2) is 4.79 Å². The summed E-state index contributed by atoms with van der Waals surface area (Å²) in [7, 11) is 0. The van der Waals surface area contributed by atoms with Crippen molar-refractivity contribution in [2.75, 3.05) is 0 Å². The van der Waals surface area contributed by atoms with Gasteiger partial charge in [-0.3, -0.25) is 0 Å². The van der Waals surface area contributed by atoms with Crippen molar-refractivity contribution in [2.24, 2.45) is 0 Å². The van der Waals surface area contributed by atoms with Crippen LogP contribution in [0.25, 0.3) is 12.2 Å². The number of pyridine rings is 1. The highest BCUT2D eigenvalue weighted by atomic mass is 32.1. The molecule has 0 radical (unpaired) electrons. The first-order chi connectivity index (χ1) is 6.60. The van der Waals surface area contributed by atoms with E-state index >= 15 is 0 Å². The van der Waals surface area contributed by atoms with Gasteiger partial charge in [-0.15, -0.1) is 0 Å². The molecule has 2 N–H and O–H groups in total. The minimum absolute atomic E-state index is 0.0514. The van der Waals surface area contributed by atoms with Crippen LogP contribution >= 0.6 is 12.2 Å². The van der Waals surface area contributed by atoms with Gasteiger partial charge in [0.2, 0.25) is 0 Å². The van der Waals surface area contributed by atoms with Gasteiger partial charge < -0.3 is 10.1 Å². The lowest BCUT2D eigenvalue weighted by Crippen LogP contribution is -2.02. The summed E-state index contributed by atoms with van der Waals surface area (Å²) >= 11 is 5.01. The minimum atomic E-state index is -1.05. The molecule has 4 heteroatoms. The maximum absolute atomic E-state index is 10.7. The van der Waals surface area contributed by atoms with Gasteiger partial charge in [0, 0.05) is 15.8 Å². The van der Waals surface area contributed by atoms with Crippen molar-refractivity contribution >= 4 is 30.3 Å². The summed E-state index contributed by atoms with van der Waals surface area (Å²) in [5.41, 5.74) is 1.32. The van der Waals surface area contributed by atoms with E-state index in [0.717, 1.165) is 0 Å². The SMILES string of the molecule is C=Cc1[nH]c(C(=O)O)cc(=S)c1C=C. The molecular weight excluding hydrogens is 198 g/mol. The van der Waals surface area contributed by atoms with E-state index in [-0.39, 0.29) is 5.69 Å².